The third kappa shape index (κ3) is 3.85. The van der Waals surface area contributed by atoms with Crippen LogP contribution in [0.3, 0.4) is 0 Å². The van der Waals surface area contributed by atoms with E-state index in [1.807, 2.05) is 0 Å². The number of likely N-dealkylation sites (N-methyl/N-ethyl adjacent to an activating group) is 1. The van der Waals surface area contributed by atoms with Crippen molar-refractivity contribution in [2.24, 2.45) is 0 Å². The van der Waals surface area contributed by atoms with E-state index in [-0.39, 0.29) is 11.8 Å². The summed E-state index contributed by atoms with van der Waals surface area (Å²) in [4.78, 5) is 13.8. The molecule has 1 saturated heterocycles. The number of ether oxygens (including phenoxy) is 1. The van der Waals surface area contributed by atoms with Crippen LogP contribution < -0.4 is 5.32 Å². The highest BCUT2D eigenvalue weighted by Gasteiger charge is 2.19. The van der Waals surface area contributed by atoms with Crippen molar-refractivity contribution in [2.75, 3.05) is 25.5 Å². The number of hydrogen-bond acceptors (Lipinski definition) is 5. The molecule has 1 aromatic heterocycles. The van der Waals surface area contributed by atoms with Gasteiger partial charge in [0.1, 0.15) is 12.1 Å². The van der Waals surface area contributed by atoms with Crippen molar-refractivity contribution in [3.05, 3.63) is 30.3 Å². The minimum Gasteiger partial charge on any atom is -0.376 e. The van der Waals surface area contributed by atoms with Gasteiger partial charge in [-0.05, 0) is 47.9 Å². The zero-order valence-electron chi connectivity index (χ0n) is 13.4. The summed E-state index contributed by atoms with van der Waals surface area (Å²) < 4.78 is 21.0. The standard InChI is InChI=1S/C15H19FN6O2/c1-21(9-12-4-2-3-7-24-12)15(23)18-14-8-11(5-6-13(14)16)22-10-17-19-20-22/h5-6,8,10,12H,2-4,7,9H2,1H3,(H,18,23). The van der Waals surface area contributed by atoms with E-state index < -0.39 is 11.8 Å². The molecule has 1 aliphatic heterocycles. The lowest BCUT2D eigenvalue weighted by molar-refractivity contribution is 0.00463. The number of anilines is 1. The molecular formula is C15H19FN6O2. The minimum atomic E-state index is -0.525. The molecule has 8 nitrogen and oxygen atoms in total. The highest BCUT2D eigenvalue weighted by atomic mass is 19.1. The van der Waals surface area contributed by atoms with Gasteiger partial charge in [0.2, 0.25) is 0 Å². The molecule has 0 spiro atoms. The van der Waals surface area contributed by atoms with Crippen molar-refractivity contribution in [1.29, 1.82) is 0 Å². The fraction of sp³-hybridized carbons (Fsp3) is 0.467. The Hall–Kier alpha value is -2.55. The Bertz CT molecular complexity index is 687. The Morgan fingerprint density at radius 2 is 2.38 bits per heavy atom. The summed E-state index contributed by atoms with van der Waals surface area (Å²) in [6, 6.07) is 3.88. The zero-order chi connectivity index (χ0) is 16.9. The van der Waals surface area contributed by atoms with Crippen LogP contribution in [0.1, 0.15) is 19.3 Å². The molecule has 0 saturated carbocycles. The largest absolute Gasteiger partial charge is 0.376 e. The molecule has 9 heteroatoms. The van der Waals surface area contributed by atoms with Crippen molar-refractivity contribution in [2.45, 2.75) is 25.4 Å². The third-order valence-corrected chi connectivity index (χ3v) is 3.90. The Morgan fingerprint density at radius 1 is 1.50 bits per heavy atom. The molecule has 2 amide bonds. The highest BCUT2D eigenvalue weighted by Crippen LogP contribution is 2.19. The number of carbonyl (C=O) groups is 1. The van der Waals surface area contributed by atoms with Gasteiger partial charge in [0.15, 0.2) is 0 Å². The summed E-state index contributed by atoms with van der Waals surface area (Å²) in [5, 5.41) is 13.4. The Kier molecular flexibility index (Phi) is 4.99. The summed E-state index contributed by atoms with van der Waals surface area (Å²) in [7, 11) is 1.66. The third-order valence-electron chi connectivity index (χ3n) is 3.90. The molecular weight excluding hydrogens is 315 g/mol. The van der Waals surface area contributed by atoms with Crippen molar-refractivity contribution < 1.29 is 13.9 Å². The van der Waals surface area contributed by atoms with Crippen LogP contribution in [0.25, 0.3) is 5.69 Å². The summed E-state index contributed by atoms with van der Waals surface area (Å²) in [6.45, 7) is 1.20. The van der Waals surface area contributed by atoms with Crippen molar-refractivity contribution >= 4 is 11.7 Å². The average Bonchev–Trinajstić information content (AvgIpc) is 3.12. The highest BCUT2D eigenvalue weighted by molar-refractivity contribution is 5.89. The lowest BCUT2D eigenvalue weighted by atomic mass is 10.1. The van der Waals surface area contributed by atoms with Crippen LogP contribution in [0.4, 0.5) is 14.9 Å². The van der Waals surface area contributed by atoms with Gasteiger partial charge in [-0.15, -0.1) is 5.10 Å². The fourth-order valence-corrected chi connectivity index (χ4v) is 2.58. The van der Waals surface area contributed by atoms with E-state index in [0.717, 1.165) is 25.9 Å². The number of benzene rings is 1. The second kappa shape index (κ2) is 7.35. The quantitative estimate of drug-likeness (QED) is 0.922. The first-order chi connectivity index (χ1) is 11.6. The summed E-state index contributed by atoms with van der Waals surface area (Å²) in [5.74, 6) is -0.525. The number of aromatic nitrogens is 4. The SMILES string of the molecule is CN(CC1CCCCO1)C(=O)Nc1cc(-n2cnnn2)ccc1F. The molecule has 0 aliphatic carbocycles. The molecule has 128 valence electrons. The first-order valence-electron chi connectivity index (χ1n) is 7.80. The predicted molar refractivity (Wildman–Crippen MR) is 84.4 cm³/mol. The molecule has 1 aromatic carbocycles. The molecule has 3 rings (SSSR count). The zero-order valence-corrected chi connectivity index (χ0v) is 13.4. The van der Waals surface area contributed by atoms with E-state index >= 15 is 0 Å². The maximum absolute atomic E-state index is 14.0. The van der Waals surface area contributed by atoms with Crippen molar-refractivity contribution in [3.8, 4) is 5.69 Å². The van der Waals surface area contributed by atoms with E-state index in [0.29, 0.717) is 12.2 Å². The van der Waals surface area contributed by atoms with Crippen LogP contribution in [-0.2, 0) is 4.74 Å². The number of halogens is 1. The second-order valence-corrected chi connectivity index (χ2v) is 5.72. The topological polar surface area (TPSA) is 85.2 Å². The van der Waals surface area contributed by atoms with Gasteiger partial charge in [-0.3, -0.25) is 0 Å². The second-order valence-electron chi connectivity index (χ2n) is 5.72. The first kappa shape index (κ1) is 16.3. The first-order valence-corrected chi connectivity index (χ1v) is 7.80. The van der Waals surface area contributed by atoms with E-state index in [1.165, 1.54) is 34.1 Å². The molecule has 1 N–H and O–H groups in total. The molecule has 2 aromatic rings. The summed E-state index contributed by atoms with van der Waals surface area (Å²) in [6.07, 6.45) is 4.52. The van der Waals surface area contributed by atoms with Gasteiger partial charge in [0, 0.05) is 20.2 Å². The normalized spacial score (nSPS) is 17.5. The van der Waals surface area contributed by atoms with Gasteiger partial charge in [0.25, 0.3) is 0 Å². The molecule has 0 bridgehead atoms. The van der Waals surface area contributed by atoms with Gasteiger partial charge >= 0.3 is 6.03 Å². The molecule has 1 fully saturated rings. The van der Waals surface area contributed by atoms with Crippen molar-refractivity contribution in [1.82, 2.24) is 25.1 Å². The maximum Gasteiger partial charge on any atom is 0.321 e. The van der Waals surface area contributed by atoms with E-state index in [2.05, 4.69) is 20.8 Å². The van der Waals surface area contributed by atoms with Crippen LogP contribution in [0, 0.1) is 5.82 Å². The molecule has 24 heavy (non-hydrogen) atoms. The van der Waals surface area contributed by atoms with Crippen LogP contribution in [0.15, 0.2) is 24.5 Å². The number of urea groups is 1. The van der Waals surface area contributed by atoms with Crippen LogP contribution in [0.5, 0.6) is 0 Å². The van der Waals surface area contributed by atoms with Gasteiger partial charge < -0.3 is 15.0 Å². The number of nitrogens with zero attached hydrogens (tertiary/aromatic N) is 5. The summed E-state index contributed by atoms with van der Waals surface area (Å²) >= 11 is 0. The lowest BCUT2D eigenvalue weighted by Gasteiger charge is -2.27. The van der Waals surface area contributed by atoms with Gasteiger partial charge in [-0.1, -0.05) is 0 Å². The predicted octanol–water partition coefficient (Wildman–Crippen LogP) is 1.83. The maximum atomic E-state index is 14.0. The fourth-order valence-electron chi connectivity index (χ4n) is 2.58. The number of hydrogen-bond donors (Lipinski definition) is 1. The molecule has 1 atom stereocenters. The number of carbonyl (C=O) groups excluding carboxylic acids is 1. The Labute approximate surface area is 138 Å². The van der Waals surface area contributed by atoms with Gasteiger partial charge in [-0.25, -0.2) is 13.9 Å². The number of rotatable bonds is 4. The Morgan fingerprint density at radius 3 is 3.08 bits per heavy atom. The van der Waals surface area contributed by atoms with E-state index in [9.17, 15) is 9.18 Å². The molecule has 1 unspecified atom stereocenters. The lowest BCUT2D eigenvalue weighted by Crippen LogP contribution is -2.39. The molecule has 1 aliphatic rings. The van der Waals surface area contributed by atoms with Crippen LogP contribution in [0.2, 0.25) is 0 Å². The smallest absolute Gasteiger partial charge is 0.321 e. The van der Waals surface area contributed by atoms with Gasteiger partial charge in [0.05, 0.1) is 17.5 Å². The monoisotopic (exact) mass is 334 g/mol. The number of nitrogens with one attached hydrogen (secondary N) is 1. The minimum absolute atomic E-state index is 0.0342. The van der Waals surface area contributed by atoms with Crippen LogP contribution in [-0.4, -0.2) is 57.4 Å². The summed E-state index contributed by atoms with van der Waals surface area (Å²) in [5.41, 5.74) is 0.624. The van der Waals surface area contributed by atoms with Crippen molar-refractivity contribution in [3.63, 3.8) is 0 Å². The average molecular weight is 334 g/mol. The molecule has 0 radical (unpaired) electrons. The molecule has 2 heterocycles. The Balaban J connectivity index is 1.66. The van der Waals surface area contributed by atoms with Crippen LogP contribution >= 0.6 is 0 Å². The van der Waals surface area contributed by atoms with E-state index in [4.69, 9.17) is 4.74 Å². The number of tetrazole rings is 1. The van der Waals surface area contributed by atoms with E-state index in [1.54, 1.807) is 7.05 Å². The number of amides is 2. The van der Waals surface area contributed by atoms with Gasteiger partial charge in [-0.2, -0.15) is 0 Å².